The lowest BCUT2D eigenvalue weighted by atomic mass is 9.80. The number of aliphatic hydroxyl groups is 1. The van der Waals surface area contributed by atoms with Gasteiger partial charge >= 0.3 is 5.97 Å². The van der Waals surface area contributed by atoms with Crippen LogP contribution in [0.25, 0.3) is 10.9 Å². The summed E-state index contributed by atoms with van der Waals surface area (Å²) in [5.41, 5.74) is 0.865. The fourth-order valence-corrected chi connectivity index (χ4v) is 4.04. The zero-order valence-corrected chi connectivity index (χ0v) is 16.3. The first kappa shape index (κ1) is 20.5. The lowest BCUT2D eigenvalue weighted by molar-refractivity contribution is -0.142. The Bertz CT molecular complexity index is 829. The maximum absolute atomic E-state index is 14.5. The van der Waals surface area contributed by atoms with E-state index < -0.39 is 11.9 Å². The van der Waals surface area contributed by atoms with Gasteiger partial charge in [-0.15, -0.1) is 0 Å². The molecule has 1 unspecified atom stereocenters. The summed E-state index contributed by atoms with van der Waals surface area (Å²) in [5, 5.41) is 14.7. The Morgan fingerprint density at radius 1 is 1.39 bits per heavy atom. The zero-order valence-electron chi connectivity index (χ0n) is 16.3. The van der Waals surface area contributed by atoms with Gasteiger partial charge in [0.15, 0.2) is 0 Å². The van der Waals surface area contributed by atoms with E-state index in [1.165, 1.54) is 7.11 Å². The number of benzene rings is 1. The maximum Gasteiger partial charge on any atom is 0.305 e. The minimum absolute atomic E-state index is 0.160. The monoisotopic (exact) mass is 390 g/mol. The predicted octanol–water partition coefficient (Wildman–Crippen LogP) is 2.98. The van der Waals surface area contributed by atoms with Crippen LogP contribution in [0, 0.1) is 17.7 Å². The van der Waals surface area contributed by atoms with Crippen molar-refractivity contribution in [2.24, 2.45) is 11.8 Å². The summed E-state index contributed by atoms with van der Waals surface area (Å²) in [4.78, 5) is 15.8. The molecule has 1 aliphatic heterocycles. The molecule has 2 N–H and O–H groups in total. The average Bonchev–Trinajstić information content (AvgIpc) is 2.72. The van der Waals surface area contributed by atoms with Gasteiger partial charge in [0.25, 0.3) is 0 Å². The summed E-state index contributed by atoms with van der Waals surface area (Å²) in [5.74, 6) is 0.278. The number of rotatable bonds is 7. The summed E-state index contributed by atoms with van der Waals surface area (Å²) in [7, 11) is 2.94. The maximum atomic E-state index is 14.5. The Morgan fingerprint density at radius 3 is 2.96 bits per heavy atom. The van der Waals surface area contributed by atoms with Gasteiger partial charge in [0, 0.05) is 17.4 Å². The number of aromatic nitrogens is 1. The molecule has 1 saturated heterocycles. The lowest BCUT2D eigenvalue weighted by Gasteiger charge is -2.32. The van der Waals surface area contributed by atoms with Crippen LogP contribution in [0.15, 0.2) is 24.4 Å². The van der Waals surface area contributed by atoms with Crippen molar-refractivity contribution in [1.29, 1.82) is 0 Å². The van der Waals surface area contributed by atoms with E-state index in [1.807, 2.05) is 0 Å². The third-order valence-electron chi connectivity index (χ3n) is 5.63. The minimum Gasteiger partial charge on any atom is -0.497 e. The lowest BCUT2D eigenvalue weighted by Crippen LogP contribution is -2.38. The standard InChI is InChI=1S/C21H27FN2O4/c1-27-15-4-5-18-16(10-15)21(17(22)12-24-18)19(25)6-3-13-7-8-23-11-14(13)9-20(26)28-2/h4-5,10,12-14,19,23,25H,3,6-9,11H2,1-2H3/t13?,14-,19-/m1/s1. The molecule has 0 aliphatic carbocycles. The van der Waals surface area contributed by atoms with Crippen LogP contribution in [-0.4, -0.2) is 43.4 Å². The molecule has 28 heavy (non-hydrogen) atoms. The molecule has 1 fully saturated rings. The van der Waals surface area contributed by atoms with Crippen LogP contribution < -0.4 is 10.1 Å². The number of fused-ring (bicyclic) bond motifs is 1. The van der Waals surface area contributed by atoms with Gasteiger partial charge in [-0.2, -0.15) is 0 Å². The summed E-state index contributed by atoms with van der Waals surface area (Å²) >= 11 is 0. The Hall–Kier alpha value is -2.25. The quantitative estimate of drug-likeness (QED) is 0.708. The molecule has 0 saturated carbocycles. The van der Waals surface area contributed by atoms with Crippen molar-refractivity contribution in [1.82, 2.24) is 10.3 Å². The molecule has 2 heterocycles. The smallest absolute Gasteiger partial charge is 0.305 e. The molecule has 152 valence electrons. The third-order valence-corrected chi connectivity index (χ3v) is 5.63. The van der Waals surface area contributed by atoms with Gasteiger partial charge < -0.3 is 19.9 Å². The Morgan fingerprint density at radius 2 is 2.21 bits per heavy atom. The molecule has 0 bridgehead atoms. The molecule has 1 aromatic heterocycles. The molecule has 0 spiro atoms. The van der Waals surface area contributed by atoms with Crippen molar-refractivity contribution in [3.05, 3.63) is 35.8 Å². The average molecular weight is 390 g/mol. The fourth-order valence-electron chi connectivity index (χ4n) is 4.04. The second kappa shape index (κ2) is 9.30. The van der Waals surface area contributed by atoms with Crippen molar-refractivity contribution in [3.63, 3.8) is 0 Å². The minimum atomic E-state index is -0.953. The normalized spacial score (nSPS) is 20.7. The van der Waals surface area contributed by atoms with Crippen molar-refractivity contribution < 1.29 is 23.8 Å². The highest BCUT2D eigenvalue weighted by Crippen LogP contribution is 2.34. The first-order valence-electron chi connectivity index (χ1n) is 9.61. The topological polar surface area (TPSA) is 80.7 Å². The van der Waals surface area contributed by atoms with Crippen LogP contribution in [0.1, 0.15) is 37.4 Å². The second-order valence-corrected chi connectivity index (χ2v) is 7.29. The summed E-state index contributed by atoms with van der Waals surface area (Å²) in [6, 6.07) is 5.22. The summed E-state index contributed by atoms with van der Waals surface area (Å²) in [6.07, 6.45) is 2.59. The largest absolute Gasteiger partial charge is 0.497 e. The number of nitrogens with one attached hydrogen (secondary N) is 1. The zero-order chi connectivity index (χ0) is 20.1. The number of carbonyl (C=O) groups is 1. The number of ether oxygens (including phenoxy) is 2. The van der Waals surface area contributed by atoms with Gasteiger partial charge in [-0.1, -0.05) is 0 Å². The Kier molecular flexibility index (Phi) is 6.80. The van der Waals surface area contributed by atoms with Crippen LogP contribution in [0.3, 0.4) is 0 Å². The van der Waals surface area contributed by atoms with Crippen molar-refractivity contribution in [2.45, 2.75) is 31.8 Å². The first-order valence-corrected chi connectivity index (χ1v) is 9.61. The fraction of sp³-hybridized carbons (Fsp3) is 0.524. The molecule has 7 heteroatoms. The number of esters is 1. The van der Waals surface area contributed by atoms with E-state index in [2.05, 4.69) is 10.3 Å². The van der Waals surface area contributed by atoms with Gasteiger partial charge in [-0.3, -0.25) is 9.78 Å². The van der Waals surface area contributed by atoms with E-state index in [0.717, 1.165) is 25.7 Å². The van der Waals surface area contributed by atoms with Gasteiger partial charge in [0.2, 0.25) is 0 Å². The van der Waals surface area contributed by atoms with Crippen LogP contribution in [0.2, 0.25) is 0 Å². The van der Waals surface area contributed by atoms with E-state index in [9.17, 15) is 14.3 Å². The molecular weight excluding hydrogens is 363 g/mol. The van der Waals surface area contributed by atoms with Gasteiger partial charge in [0.1, 0.15) is 11.6 Å². The number of pyridine rings is 1. The van der Waals surface area contributed by atoms with E-state index in [4.69, 9.17) is 9.47 Å². The molecule has 6 nitrogen and oxygen atoms in total. The van der Waals surface area contributed by atoms with Gasteiger partial charge in [0.05, 0.1) is 32.0 Å². The number of hydrogen-bond acceptors (Lipinski definition) is 6. The number of halogens is 1. The molecule has 3 rings (SSSR count). The van der Waals surface area contributed by atoms with Crippen LogP contribution in [0.4, 0.5) is 4.39 Å². The van der Waals surface area contributed by atoms with Crippen molar-refractivity contribution in [2.75, 3.05) is 27.3 Å². The highest BCUT2D eigenvalue weighted by atomic mass is 19.1. The molecular formula is C21H27FN2O4. The summed E-state index contributed by atoms with van der Waals surface area (Å²) < 4.78 is 24.6. The van der Waals surface area contributed by atoms with Crippen LogP contribution >= 0.6 is 0 Å². The number of piperidine rings is 1. The number of hydrogen-bond donors (Lipinski definition) is 2. The van der Waals surface area contributed by atoms with Gasteiger partial charge in [-0.25, -0.2) is 4.39 Å². The predicted molar refractivity (Wildman–Crippen MR) is 104 cm³/mol. The van der Waals surface area contributed by atoms with Crippen LogP contribution in [0.5, 0.6) is 5.75 Å². The SMILES string of the molecule is COC(=O)C[C@@H]1CNCCC1CC[C@@H](O)c1c(F)cnc2ccc(OC)cc12. The second-order valence-electron chi connectivity index (χ2n) is 7.29. The molecule has 1 aromatic carbocycles. The molecule has 2 aromatic rings. The molecule has 0 amide bonds. The highest BCUT2D eigenvalue weighted by Gasteiger charge is 2.28. The number of carbonyl (C=O) groups excluding carboxylic acids is 1. The number of nitrogens with zero attached hydrogens (tertiary/aromatic N) is 1. The van der Waals surface area contributed by atoms with E-state index in [0.29, 0.717) is 35.9 Å². The first-order chi connectivity index (χ1) is 13.5. The van der Waals surface area contributed by atoms with E-state index in [1.54, 1.807) is 25.3 Å². The van der Waals surface area contributed by atoms with Crippen LogP contribution in [-0.2, 0) is 9.53 Å². The van der Waals surface area contributed by atoms with Crippen molar-refractivity contribution in [3.8, 4) is 5.75 Å². The highest BCUT2D eigenvalue weighted by molar-refractivity contribution is 5.84. The van der Waals surface area contributed by atoms with Crippen molar-refractivity contribution >= 4 is 16.9 Å². The van der Waals surface area contributed by atoms with E-state index in [-0.39, 0.29) is 23.4 Å². The molecule has 1 aliphatic rings. The van der Waals surface area contributed by atoms with Gasteiger partial charge in [-0.05, 0) is 62.4 Å². The summed E-state index contributed by atoms with van der Waals surface area (Å²) in [6.45, 7) is 1.63. The third kappa shape index (κ3) is 4.59. The number of methoxy groups -OCH3 is 2. The Labute approximate surface area is 164 Å². The molecule has 0 radical (unpaired) electrons. The molecule has 3 atom stereocenters. The number of aliphatic hydroxyl groups excluding tert-OH is 1. The van der Waals surface area contributed by atoms with E-state index >= 15 is 0 Å². The Balaban J connectivity index is 1.76.